The minimum Gasteiger partial charge on any atom is -0.480 e. The second-order valence-corrected chi connectivity index (χ2v) is 9.49. The summed E-state index contributed by atoms with van der Waals surface area (Å²) in [6.45, 7) is 9.33. The largest absolute Gasteiger partial charge is 0.480 e. The van der Waals surface area contributed by atoms with Crippen LogP contribution in [-0.2, 0) is 18.8 Å². The fourth-order valence-electron chi connectivity index (χ4n) is 3.79. The van der Waals surface area contributed by atoms with Gasteiger partial charge in [0.15, 0.2) is 0 Å². The first-order valence-corrected chi connectivity index (χ1v) is 12.7. The Balaban J connectivity index is 1.83. The molecule has 1 aromatic heterocycles. The number of benzene rings is 2. The number of likely N-dealkylation sites (N-methyl/N-ethyl adjacent to an activating group) is 1. The van der Waals surface area contributed by atoms with Gasteiger partial charge in [-0.1, -0.05) is 44.3 Å². The van der Waals surface area contributed by atoms with Gasteiger partial charge in [-0.05, 0) is 49.2 Å². The van der Waals surface area contributed by atoms with E-state index in [-0.39, 0.29) is 0 Å². The first kappa shape index (κ1) is 26.3. The van der Waals surface area contributed by atoms with Crippen molar-refractivity contribution in [3.8, 4) is 0 Å². The van der Waals surface area contributed by atoms with Crippen molar-refractivity contribution in [3.05, 3.63) is 79.0 Å². The minimum atomic E-state index is 0.528. The first-order valence-electron chi connectivity index (χ1n) is 11.9. The smallest absolute Gasteiger partial charge is 0.303 e. The highest BCUT2D eigenvalue weighted by atomic mass is 32.2. The maximum Gasteiger partial charge on any atom is 0.303 e. The van der Waals surface area contributed by atoms with Crippen LogP contribution in [0, 0.1) is 0 Å². The molecule has 0 unspecified atom stereocenters. The van der Waals surface area contributed by atoms with Gasteiger partial charge in [0.05, 0.1) is 38.3 Å². The molecule has 0 atom stereocenters. The lowest BCUT2D eigenvalue weighted by atomic mass is 10.2. The van der Waals surface area contributed by atoms with Gasteiger partial charge in [0, 0.05) is 23.4 Å². The van der Waals surface area contributed by atoms with Crippen LogP contribution < -0.4 is 4.57 Å². The van der Waals surface area contributed by atoms with E-state index in [9.17, 15) is 0 Å². The normalized spacial score (nSPS) is 12.1. The fraction of sp³-hybridized carbons (Fsp3) is 0.321. The molecule has 3 rings (SSSR count). The molecule has 0 aliphatic rings. The molecular weight excluding hydrogens is 454 g/mol. The molecule has 7 heteroatoms. The van der Waals surface area contributed by atoms with E-state index in [4.69, 9.17) is 14.7 Å². The third-order valence-electron chi connectivity index (χ3n) is 5.60. The molecule has 0 spiro atoms. The third kappa shape index (κ3) is 6.85. The molecule has 35 heavy (non-hydrogen) atoms. The van der Waals surface area contributed by atoms with Crippen molar-refractivity contribution in [2.45, 2.75) is 36.5 Å². The summed E-state index contributed by atoms with van der Waals surface area (Å²) < 4.78 is 9.75. The molecule has 184 valence electrons. The van der Waals surface area contributed by atoms with Crippen LogP contribution in [0.4, 0.5) is 11.4 Å². The number of rotatable bonds is 10. The van der Waals surface area contributed by atoms with Crippen LogP contribution in [0.1, 0.15) is 32.5 Å². The van der Waals surface area contributed by atoms with Gasteiger partial charge in [-0.15, -0.1) is 0 Å². The summed E-state index contributed by atoms with van der Waals surface area (Å²) >= 11 is 1.69. The summed E-state index contributed by atoms with van der Waals surface area (Å²) in [7, 11) is 7.74. The summed E-state index contributed by atoms with van der Waals surface area (Å²) in [5.74, 6) is 1.64. The van der Waals surface area contributed by atoms with Crippen molar-refractivity contribution in [2.24, 2.45) is 24.1 Å². The quantitative estimate of drug-likeness (QED) is 0.197. The Morgan fingerprint density at radius 1 is 1.09 bits per heavy atom. The predicted molar refractivity (Wildman–Crippen MR) is 146 cm³/mol. The summed E-state index contributed by atoms with van der Waals surface area (Å²) in [6, 6.07) is 16.5. The van der Waals surface area contributed by atoms with Crippen LogP contribution in [-0.4, -0.2) is 41.8 Å². The summed E-state index contributed by atoms with van der Waals surface area (Å²) in [5.41, 5.74) is 3.60. The minimum absolute atomic E-state index is 0.528. The zero-order chi connectivity index (χ0) is 25.4. The van der Waals surface area contributed by atoms with E-state index >= 15 is 0 Å². The van der Waals surface area contributed by atoms with Crippen LogP contribution >= 0.6 is 11.8 Å². The average Bonchev–Trinajstić information content (AvgIpc) is 3.19. The second kappa shape index (κ2) is 12.4. The third-order valence-corrected chi connectivity index (χ3v) is 6.58. The molecular formula is C28H36N5OS+. The van der Waals surface area contributed by atoms with Crippen LogP contribution in [0.3, 0.4) is 0 Å². The van der Waals surface area contributed by atoms with Crippen LogP contribution in [0.25, 0.3) is 0 Å². The van der Waals surface area contributed by atoms with E-state index in [2.05, 4.69) is 91.3 Å². The number of imidazole rings is 1. The maximum atomic E-state index is 5.54. The highest BCUT2D eigenvalue weighted by Gasteiger charge is 2.17. The average molecular weight is 491 g/mol. The van der Waals surface area contributed by atoms with Gasteiger partial charge in [0.25, 0.3) is 0 Å². The molecule has 1 heterocycles. The van der Waals surface area contributed by atoms with Gasteiger partial charge in [-0.25, -0.2) is 19.1 Å². The molecule has 0 N–H and O–H groups in total. The van der Waals surface area contributed by atoms with E-state index < -0.39 is 0 Å². The Kier molecular flexibility index (Phi) is 9.32. The van der Waals surface area contributed by atoms with Crippen molar-refractivity contribution < 1.29 is 9.30 Å². The number of ether oxygens (including phenoxy) is 1. The maximum absolute atomic E-state index is 5.54. The first-order chi connectivity index (χ1) is 16.9. The molecule has 2 aromatic carbocycles. The molecule has 0 bridgehead atoms. The van der Waals surface area contributed by atoms with Crippen molar-refractivity contribution >= 4 is 34.7 Å². The number of aryl methyl sites for hydroxylation is 2. The van der Waals surface area contributed by atoms with E-state index in [1.807, 2.05) is 25.2 Å². The van der Waals surface area contributed by atoms with Crippen molar-refractivity contribution in [3.63, 3.8) is 0 Å². The lowest BCUT2D eigenvalue weighted by molar-refractivity contribution is -0.672. The van der Waals surface area contributed by atoms with Gasteiger partial charge in [0.2, 0.25) is 5.90 Å². The van der Waals surface area contributed by atoms with Gasteiger partial charge in [-0.3, -0.25) is 0 Å². The number of hydrogen-bond donors (Lipinski definition) is 0. The van der Waals surface area contributed by atoms with Crippen LogP contribution in [0.5, 0.6) is 0 Å². The zero-order valence-electron chi connectivity index (χ0n) is 21.7. The number of aromatic nitrogens is 2. The Labute approximate surface area is 213 Å². The lowest BCUT2D eigenvalue weighted by Gasteiger charge is -2.21. The summed E-state index contributed by atoms with van der Waals surface area (Å²) in [4.78, 5) is 14.0. The lowest BCUT2D eigenvalue weighted by Crippen LogP contribution is -2.35. The van der Waals surface area contributed by atoms with Gasteiger partial charge in [0.1, 0.15) is 18.1 Å². The van der Waals surface area contributed by atoms with E-state index in [1.54, 1.807) is 18.9 Å². The van der Waals surface area contributed by atoms with E-state index in [0.717, 1.165) is 57.8 Å². The Hall–Kier alpha value is -3.32. The summed E-state index contributed by atoms with van der Waals surface area (Å²) in [5, 5.41) is 0. The molecule has 3 aromatic rings. The molecule has 0 aliphatic heterocycles. The Morgan fingerprint density at radius 3 is 2.23 bits per heavy atom. The SMILES string of the molecule is C=C(C(=Nc1cccc(Sc2cccc(N=C(CC)c3n(C)cc[n+]3C)c2)c1)OC)N(C)CCC. The molecule has 6 nitrogen and oxygen atoms in total. The van der Waals surface area contributed by atoms with Crippen molar-refractivity contribution in [2.75, 3.05) is 20.7 Å². The Bertz CT molecular complexity index is 1210. The monoisotopic (exact) mass is 490 g/mol. The molecule has 0 aliphatic carbocycles. The van der Waals surface area contributed by atoms with Gasteiger partial charge >= 0.3 is 5.82 Å². The van der Waals surface area contributed by atoms with Crippen molar-refractivity contribution in [1.82, 2.24) is 9.47 Å². The highest BCUT2D eigenvalue weighted by molar-refractivity contribution is 7.99. The number of aliphatic imine (C=N–C) groups is 2. The molecule has 0 radical (unpaired) electrons. The van der Waals surface area contributed by atoms with E-state index in [1.165, 1.54) is 0 Å². The second-order valence-electron chi connectivity index (χ2n) is 8.34. The highest BCUT2D eigenvalue weighted by Crippen LogP contribution is 2.32. The molecule has 0 saturated heterocycles. The van der Waals surface area contributed by atoms with E-state index in [0.29, 0.717) is 5.90 Å². The van der Waals surface area contributed by atoms with Gasteiger partial charge < -0.3 is 9.64 Å². The van der Waals surface area contributed by atoms with Gasteiger partial charge in [-0.2, -0.15) is 0 Å². The fourth-order valence-corrected chi connectivity index (χ4v) is 4.71. The number of nitrogens with zero attached hydrogens (tertiary/aromatic N) is 5. The van der Waals surface area contributed by atoms with Crippen LogP contribution in [0.2, 0.25) is 0 Å². The van der Waals surface area contributed by atoms with Crippen LogP contribution in [0.15, 0.2) is 93.0 Å². The number of hydrogen-bond acceptors (Lipinski definition) is 5. The topological polar surface area (TPSA) is 46.0 Å². The number of methoxy groups -OCH3 is 1. The standard InChI is InChI=1S/C28H36N5OS/c1-8-16-31(4)21(3)27(34-7)30-23-13-11-15-25(20-23)35-24-14-10-12-22(19-24)29-26(9-2)28-32(5)17-18-33(28)6/h10-15,17-20H,3,8-9,16H2,1-2,4-7H3/q+1. The molecule has 0 saturated carbocycles. The van der Waals surface area contributed by atoms with Crippen molar-refractivity contribution in [1.29, 1.82) is 0 Å². The molecule has 0 fully saturated rings. The summed E-state index contributed by atoms with van der Waals surface area (Å²) in [6.07, 6.45) is 5.98. The zero-order valence-corrected chi connectivity index (χ0v) is 22.5. The molecule has 0 amide bonds. The predicted octanol–water partition coefficient (Wildman–Crippen LogP) is 6.06. The Morgan fingerprint density at radius 2 is 1.71 bits per heavy atom.